The normalized spacial score (nSPS) is 11.9. The van der Waals surface area contributed by atoms with Gasteiger partial charge in [-0.15, -0.1) is 0 Å². The summed E-state index contributed by atoms with van der Waals surface area (Å²) in [5, 5.41) is 3.41. The second kappa shape index (κ2) is 8.81. The molecule has 1 atom stereocenters. The van der Waals surface area contributed by atoms with Gasteiger partial charge in [0.15, 0.2) is 5.75 Å². The highest BCUT2D eigenvalue weighted by Crippen LogP contribution is 2.24. The molecular formula is C23H25N3O. The zero-order valence-electron chi connectivity index (χ0n) is 15.6. The molecule has 1 aromatic heterocycles. The summed E-state index contributed by atoms with van der Waals surface area (Å²) in [6, 6.07) is 16.4. The Balaban J connectivity index is 0.00000280. The lowest BCUT2D eigenvalue weighted by atomic mass is 10.1. The van der Waals surface area contributed by atoms with E-state index in [-0.39, 0.29) is 7.47 Å². The highest BCUT2D eigenvalue weighted by molar-refractivity contribution is 5.52. The third-order valence-electron chi connectivity index (χ3n) is 4.09. The first-order chi connectivity index (χ1) is 13.1. The highest BCUT2D eigenvalue weighted by Gasteiger charge is 2.07. The van der Waals surface area contributed by atoms with Gasteiger partial charge in [0.1, 0.15) is 12.1 Å². The van der Waals surface area contributed by atoms with Crippen molar-refractivity contribution in [1.29, 1.82) is 0 Å². The number of benzene rings is 2. The first-order valence-electron chi connectivity index (χ1n) is 8.83. The fourth-order valence-corrected chi connectivity index (χ4v) is 2.61. The first-order valence-corrected chi connectivity index (χ1v) is 8.83. The monoisotopic (exact) mass is 359 g/mol. The van der Waals surface area contributed by atoms with Gasteiger partial charge in [-0.3, -0.25) is 0 Å². The average molecular weight is 359 g/mol. The molecule has 4 nitrogen and oxygen atoms in total. The van der Waals surface area contributed by atoms with Gasteiger partial charge >= 0.3 is 0 Å². The van der Waals surface area contributed by atoms with E-state index in [0.29, 0.717) is 5.75 Å². The van der Waals surface area contributed by atoms with Crippen molar-refractivity contribution >= 4 is 6.08 Å². The summed E-state index contributed by atoms with van der Waals surface area (Å²) in [6.07, 6.45) is 8.79. The van der Waals surface area contributed by atoms with Crippen molar-refractivity contribution in [3.63, 3.8) is 0 Å². The van der Waals surface area contributed by atoms with Crippen molar-refractivity contribution in [1.82, 2.24) is 15.3 Å². The van der Waals surface area contributed by atoms with E-state index in [1.807, 2.05) is 24.3 Å². The Morgan fingerprint density at radius 3 is 2.59 bits per heavy atom. The molecule has 2 aromatic carbocycles. The quantitative estimate of drug-likeness (QED) is 0.550. The van der Waals surface area contributed by atoms with Crippen LogP contribution in [0.5, 0.6) is 11.5 Å². The summed E-state index contributed by atoms with van der Waals surface area (Å²) < 4.78 is 5.80. The molecule has 4 heteroatoms. The number of hydrogen-bond donors (Lipinski definition) is 1. The SMILES string of the molecule is C=C(/C=C/c1ccc(C)cc1)N[C@@H](C)c1cccc(Oc2cncnc2)c1.[HH]. The average Bonchev–Trinajstić information content (AvgIpc) is 2.68. The van der Waals surface area contributed by atoms with E-state index in [1.54, 1.807) is 12.4 Å². The second-order valence-corrected chi connectivity index (χ2v) is 6.38. The van der Waals surface area contributed by atoms with Crippen LogP contribution in [0.2, 0.25) is 0 Å². The van der Waals surface area contributed by atoms with Gasteiger partial charge < -0.3 is 10.1 Å². The number of nitrogens with one attached hydrogen (secondary N) is 1. The topological polar surface area (TPSA) is 47.0 Å². The summed E-state index contributed by atoms with van der Waals surface area (Å²) in [5.41, 5.74) is 4.36. The molecule has 0 amide bonds. The number of ether oxygens (including phenoxy) is 1. The third kappa shape index (κ3) is 5.54. The second-order valence-electron chi connectivity index (χ2n) is 6.38. The molecule has 0 aliphatic carbocycles. The Hall–Kier alpha value is -3.40. The predicted octanol–water partition coefficient (Wildman–Crippen LogP) is 5.70. The zero-order chi connectivity index (χ0) is 19.1. The van der Waals surface area contributed by atoms with Crippen molar-refractivity contribution in [2.24, 2.45) is 0 Å². The van der Waals surface area contributed by atoms with Gasteiger partial charge in [-0.1, -0.05) is 54.6 Å². The highest BCUT2D eigenvalue weighted by atomic mass is 16.5. The number of allylic oxidation sites excluding steroid dienone is 1. The molecular weight excluding hydrogens is 334 g/mol. The van der Waals surface area contributed by atoms with E-state index in [0.717, 1.165) is 22.6 Å². The Morgan fingerprint density at radius 2 is 1.85 bits per heavy atom. The molecule has 1 heterocycles. The lowest BCUT2D eigenvalue weighted by Crippen LogP contribution is -2.16. The fourth-order valence-electron chi connectivity index (χ4n) is 2.61. The lowest BCUT2D eigenvalue weighted by Gasteiger charge is -2.16. The standard InChI is InChI=1S/C23H23N3O.H2/c1-17-7-10-20(11-8-17)12-9-18(2)26-19(3)21-5-4-6-22(13-21)27-23-14-24-16-25-15-23;/h4-16,19,26H,2H2,1,3H3;1H/b12-9+;/t19-;/m0./s1. The largest absolute Gasteiger partial charge is 0.454 e. The Kier molecular flexibility index (Phi) is 6.00. The smallest absolute Gasteiger partial charge is 0.163 e. The Bertz CT molecular complexity index is 924. The van der Waals surface area contributed by atoms with Crippen LogP contribution >= 0.6 is 0 Å². The van der Waals surface area contributed by atoms with Crippen LogP contribution in [0.15, 0.2) is 85.6 Å². The first kappa shape index (κ1) is 18.4. The van der Waals surface area contributed by atoms with Crippen LogP contribution in [-0.2, 0) is 0 Å². The maximum Gasteiger partial charge on any atom is 0.163 e. The van der Waals surface area contributed by atoms with Crippen LogP contribution in [0, 0.1) is 6.92 Å². The molecule has 138 valence electrons. The molecule has 0 spiro atoms. The molecule has 0 radical (unpaired) electrons. The van der Waals surface area contributed by atoms with E-state index in [9.17, 15) is 0 Å². The van der Waals surface area contributed by atoms with Crippen molar-refractivity contribution in [3.8, 4) is 11.5 Å². The number of nitrogens with zero attached hydrogens (tertiary/aromatic N) is 2. The van der Waals surface area contributed by atoms with E-state index < -0.39 is 0 Å². The molecule has 0 fully saturated rings. The summed E-state index contributed by atoms with van der Waals surface area (Å²) in [4.78, 5) is 7.92. The number of aromatic nitrogens is 2. The maximum absolute atomic E-state index is 5.80. The molecule has 0 saturated carbocycles. The van der Waals surface area contributed by atoms with Gasteiger partial charge in [0.2, 0.25) is 0 Å². The van der Waals surface area contributed by atoms with Gasteiger partial charge in [-0.25, -0.2) is 9.97 Å². The molecule has 3 aromatic rings. The summed E-state index contributed by atoms with van der Waals surface area (Å²) in [7, 11) is 0. The van der Waals surface area contributed by atoms with Gasteiger partial charge in [0.25, 0.3) is 0 Å². The maximum atomic E-state index is 5.80. The molecule has 0 saturated heterocycles. The summed E-state index contributed by atoms with van der Waals surface area (Å²) in [5.74, 6) is 1.36. The molecule has 0 aliphatic heterocycles. The van der Waals surface area contributed by atoms with Gasteiger partial charge in [-0.2, -0.15) is 0 Å². The molecule has 3 rings (SSSR count). The number of aryl methyl sites for hydroxylation is 1. The molecule has 1 N–H and O–H groups in total. The van der Waals surface area contributed by atoms with Gasteiger partial charge in [0, 0.05) is 13.2 Å². The van der Waals surface area contributed by atoms with Crippen molar-refractivity contribution in [3.05, 3.63) is 102 Å². The minimum atomic E-state index is 0. The van der Waals surface area contributed by atoms with E-state index >= 15 is 0 Å². The summed E-state index contributed by atoms with van der Waals surface area (Å²) >= 11 is 0. The van der Waals surface area contributed by atoms with Crippen LogP contribution in [-0.4, -0.2) is 9.97 Å². The minimum absolute atomic E-state index is 0. The van der Waals surface area contributed by atoms with E-state index in [2.05, 4.69) is 72.1 Å². The van der Waals surface area contributed by atoms with Crippen LogP contribution in [0.3, 0.4) is 0 Å². The van der Waals surface area contributed by atoms with Crippen LogP contribution < -0.4 is 10.1 Å². The molecule has 0 aliphatic rings. The Labute approximate surface area is 161 Å². The van der Waals surface area contributed by atoms with Crippen molar-refractivity contribution < 1.29 is 6.16 Å². The lowest BCUT2D eigenvalue weighted by molar-refractivity contribution is 0.475. The van der Waals surface area contributed by atoms with Crippen molar-refractivity contribution in [2.75, 3.05) is 0 Å². The van der Waals surface area contributed by atoms with Gasteiger partial charge in [0.05, 0.1) is 12.4 Å². The third-order valence-corrected chi connectivity index (χ3v) is 4.09. The molecule has 0 bridgehead atoms. The number of hydrogen-bond acceptors (Lipinski definition) is 4. The molecule has 0 unspecified atom stereocenters. The Morgan fingerprint density at radius 1 is 1.11 bits per heavy atom. The number of rotatable bonds is 7. The summed E-state index contributed by atoms with van der Waals surface area (Å²) in [6.45, 7) is 8.27. The van der Waals surface area contributed by atoms with E-state index in [1.165, 1.54) is 11.9 Å². The zero-order valence-corrected chi connectivity index (χ0v) is 15.6. The van der Waals surface area contributed by atoms with Crippen molar-refractivity contribution in [2.45, 2.75) is 19.9 Å². The van der Waals surface area contributed by atoms with Crippen LogP contribution in [0.1, 0.15) is 31.1 Å². The van der Waals surface area contributed by atoms with Crippen LogP contribution in [0.25, 0.3) is 6.08 Å². The molecule has 27 heavy (non-hydrogen) atoms. The van der Waals surface area contributed by atoms with Gasteiger partial charge in [-0.05, 0) is 43.2 Å². The fraction of sp³-hybridized carbons (Fsp3) is 0.130. The van der Waals surface area contributed by atoms with Crippen LogP contribution in [0.4, 0.5) is 0 Å². The van der Waals surface area contributed by atoms with E-state index in [4.69, 9.17) is 4.74 Å². The predicted molar refractivity (Wildman–Crippen MR) is 112 cm³/mol. The minimum Gasteiger partial charge on any atom is -0.454 e.